The van der Waals surface area contributed by atoms with E-state index in [-0.39, 0.29) is 23.6 Å². The standard InChI is InChI=1S/C24H24N4O4S2/c1-15-5-3-11-27-21(15)26-20(25-10-4-12-29)18(22(27)30)13-19-23(31)28(24(33)34-19)14-16-6-8-17(32-2)9-7-16/h3,5-9,11,13,25,29H,4,10,12,14H2,1-2H3/b19-13+. The maximum Gasteiger partial charge on any atom is 0.267 e. The van der Waals surface area contributed by atoms with Crippen LogP contribution in [0.3, 0.4) is 0 Å². The van der Waals surface area contributed by atoms with Crippen molar-refractivity contribution in [2.24, 2.45) is 0 Å². The Balaban J connectivity index is 1.70. The van der Waals surface area contributed by atoms with Crippen LogP contribution in [0.15, 0.2) is 52.3 Å². The summed E-state index contributed by atoms with van der Waals surface area (Å²) in [5, 5.41) is 12.3. The second-order valence-corrected chi connectivity index (χ2v) is 9.36. The van der Waals surface area contributed by atoms with Gasteiger partial charge in [-0.25, -0.2) is 4.98 Å². The Morgan fingerprint density at radius 1 is 1.24 bits per heavy atom. The van der Waals surface area contributed by atoms with E-state index in [2.05, 4.69) is 10.3 Å². The molecule has 0 unspecified atom stereocenters. The van der Waals surface area contributed by atoms with Gasteiger partial charge in [0, 0.05) is 19.3 Å². The zero-order chi connectivity index (χ0) is 24.2. The average Bonchev–Trinajstić information content (AvgIpc) is 3.10. The summed E-state index contributed by atoms with van der Waals surface area (Å²) in [6, 6.07) is 11.1. The molecule has 0 spiro atoms. The number of thioether (sulfide) groups is 1. The topological polar surface area (TPSA) is 96.2 Å². The average molecular weight is 497 g/mol. The fraction of sp³-hybridized carbons (Fsp3) is 0.250. The number of amides is 1. The summed E-state index contributed by atoms with van der Waals surface area (Å²) < 4.78 is 7.07. The quantitative estimate of drug-likeness (QED) is 0.279. The van der Waals surface area contributed by atoms with Crippen LogP contribution in [0.5, 0.6) is 5.75 Å². The largest absolute Gasteiger partial charge is 0.497 e. The van der Waals surface area contributed by atoms with Gasteiger partial charge in [-0.3, -0.25) is 18.9 Å². The summed E-state index contributed by atoms with van der Waals surface area (Å²) >= 11 is 6.62. The zero-order valence-electron chi connectivity index (χ0n) is 18.8. The van der Waals surface area contributed by atoms with E-state index >= 15 is 0 Å². The number of aliphatic hydroxyl groups is 1. The molecular formula is C24H24N4O4S2. The minimum Gasteiger partial charge on any atom is -0.497 e. The van der Waals surface area contributed by atoms with Gasteiger partial charge in [0.05, 0.1) is 24.1 Å². The van der Waals surface area contributed by atoms with Crippen LogP contribution in [0.4, 0.5) is 5.82 Å². The molecule has 1 aromatic carbocycles. The third-order valence-electron chi connectivity index (χ3n) is 5.36. The van der Waals surface area contributed by atoms with E-state index in [9.17, 15) is 9.59 Å². The molecule has 4 rings (SSSR count). The highest BCUT2D eigenvalue weighted by Gasteiger charge is 2.32. The number of benzene rings is 1. The molecule has 1 fully saturated rings. The number of nitrogens with zero attached hydrogens (tertiary/aromatic N) is 3. The first-order chi connectivity index (χ1) is 16.4. The van der Waals surface area contributed by atoms with Gasteiger partial charge >= 0.3 is 0 Å². The predicted octanol–water partition coefficient (Wildman–Crippen LogP) is 3.21. The van der Waals surface area contributed by atoms with Crippen LogP contribution >= 0.6 is 24.0 Å². The van der Waals surface area contributed by atoms with Crippen LogP contribution in [0, 0.1) is 6.92 Å². The van der Waals surface area contributed by atoms with Crippen molar-refractivity contribution in [2.75, 3.05) is 25.6 Å². The maximum absolute atomic E-state index is 13.4. The molecule has 34 heavy (non-hydrogen) atoms. The number of carbonyl (C=O) groups excluding carboxylic acids is 1. The minimum absolute atomic E-state index is 0.0118. The molecule has 176 valence electrons. The number of fused-ring (bicyclic) bond motifs is 1. The minimum atomic E-state index is -0.291. The number of aliphatic hydroxyl groups excluding tert-OH is 1. The summed E-state index contributed by atoms with van der Waals surface area (Å²) in [7, 11) is 1.60. The summed E-state index contributed by atoms with van der Waals surface area (Å²) in [5.74, 6) is 0.837. The van der Waals surface area contributed by atoms with Gasteiger partial charge in [-0.15, -0.1) is 0 Å². The number of thiocarbonyl (C=S) groups is 1. The van der Waals surface area contributed by atoms with Gasteiger partial charge in [0.25, 0.3) is 11.5 Å². The lowest BCUT2D eigenvalue weighted by molar-refractivity contribution is -0.122. The van der Waals surface area contributed by atoms with Crippen molar-refractivity contribution in [3.8, 4) is 5.75 Å². The number of nitrogens with one attached hydrogen (secondary N) is 1. The lowest BCUT2D eigenvalue weighted by Crippen LogP contribution is -2.27. The summed E-state index contributed by atoms with van der Waals surface area (Å²) in [6.07, 6.45) is 3.71. The van der Waals surface area contributed by atoms with Crippen LogP contribution < -0.4 is 15.6 Å². The number of aryl methyl sites for hydroxylation is 1. The van der Waals surface area contributed by atoms with Gasteiger partial charge in [0.2, 0.25) is 0 Å². The molecule has 0 saturated carbocycles. The number of carbonyl (C=O) groups is 1. The fourth-order valence-corrected chi connectivity index (χ4v) is 4.78. The van der Waals surface area contributed by atoms with Crippen LogP contribution in [-0.4, -0.2) is 49.9 Å². The van der Waals surface area contributed by atoms with Gasteiger partial charge in [-0.2, -0.15) is 0 Å². The van der Waals surface area contributed by atoms with Crippen LogP contribution in [0.2, 0.25) is 0 Å². The summed E-state index contributed by atoms with van der Waals surface area (Å²) in [4.78, 5) is 33.1. The second-order valence-electron chi connectivity index (χ2n) is 7.68. The van der Waals surface area contributed by atoms with E-state index in [1.54, 1.807) is 25.4 Å². The number of rotatable bonds is 8. The number of anilines is 1. The number of aromatic nitrogens is 2. The molecular weight excluding hydrogens is 472 g/mol. The van der Waals surface area contributed by atoms with Crippen molar-refractivity contribution >= 4 is 51.7 Å². The van der Waals surface area contributed by atoms with Crippen molar-refractivity contribution < 1.29 is 14.6 Å². The second kappa shape index (κ2) is 10.4. The highest BCUT2D eigenvalue weighted by molar-refractivity contribution is 8.26. The summed E-state index contributed by atoms with van der Waals surface area (Å²) in [6.45, 7) is 2.65. The summed E-state index contributed by atoms with van der Waals surface area (Å²) in [5.41, 5.74) is 2.27. The van der Waals surface area contributed by atoms with E-state index in [1.165, 1.54) is 9.30 Å². The monoisotopic (exact) mass is 496 g/mol. The smallest absolute Gasteiger partial charge is 0.267 e. The van der Waals surface area contributed by atoms with Gasteiger partial charge in [-0.05, 0) is 48.7 Å². The molecule has 1 amide bonds. The Morgan fingerprint density at radius 3 is 2.71 bits per heavy atom. The van der Waals surface area contributed by atoms with Crippen molar-refractivity contribution in [3.63, 3.8) is 0 Å². The van der Waals surface area contributed by atoms with Crippen molar-refractivity contribution in [1.82, 2.24) is 14.3 Å². The molecule has 2 N–H and O–H groups in total. The van der Waals surface area contributed by atoms with Crippen molar-refractivity contribution in [1.29, 1.82) is 0 Å². The molecule has 0 radical (unpaired) electrons. The molecule has 2 aromatic heterocycles. The fourth-order valence-electron chi connectivity index (χ4n) is 3.54. The number of pyridine rings is 1. The lowest BCUT2D eigenvalue weighted by Gasteiger charge is -2.15. The van der Waals surface area contributed by atoms with Crippen molar-refractivity contribution in [2.45, 2.75) is 19.9 Å². The van der Waals surface area contributed by atoms with E-state index in [0.717, 1.165) is 28.6 Å². The van der Waals surface area contributed by atoms with Gasteiger partial charge in [0.1, 0.15) is 21.5 Å². The zero-order valence-corrected chi connectivity index (χ0v) is 20.4. The number of ether oxygens (including phenoxy) is 1. The lowest BCUT2D eigenvalue weighted by atomic mass is 10.2. The van der Waals surface area contributed by atoms with Crippen LogP contribution in [0.1, 0.15) is 23.1 Å². The molecule has 0 aliphatic carbocycles. The SMILES string of the molecule is COc1ccc(CN2C(=O)/C(=C\c3c(NCCCO)nc4c(C)cccn4c3=O)SC2=S)cc1. The van der Waals surface area contributed by atoms with Gasteiger partial charge in [-0.1, -0.05) is 42.2 Å². The number of methoxy groups -OCH3 is 1. The first-order valence-corrected chi connectivity index (χ1v) is 11.9. The van der Waals surface area contributed by atoms with E-state index in [1.807, 2.05) is 37.3 Å². The van der Waals surface area contributed by atoms with Crippen LogP contribution in [0.25, 0.3) is 11.7 Å². The molecule has 3 heterocycles. The molecule has 0 atom stereocenters. The molecule has 10 heteroatoms. The molecule has 3 aromatic rings. The molecule has 8 nitrogen and oxygen atoms in total. The Bertz CT molecular complexity index is 1340. The number of hydrogen-bond acceptors (Lipinski definition) is 8. The molecule has 1 aliphatic heterocycles. The Labute approximate surface area is 206 Å². The third-order valence-corrected chi connectivity index (χ3v) is 6.74. The Morgan fingerprint density at radius 2 is 2.00 bits per heavy atom. The van der Waals surface area contributed by atoms with Crippen molar-refractivity contribution in [3.05, 3.63) is 74.5 Å². The normalized spacial score (nSPS) is 14.9. The van der Waals surface area contributed by atoms with E-state index in [0.29, 0.717) is 40.2 Å². The Kier molecular flexibility index (Phi) is 7.30. The maximum atomic E-state index is 13.4. The van der Waals surface area contributed by atoms with Crippen LogP contribution in [-0.2, 0) is 11.3 Å². The Hall–Kier alpha value is -3.21. The first kappa shape index (κ1) is 23.9. The highest BCUT2D eigenvalue weighted by atomic mass is 32.2. The molecule has 1 aliphatic rings. The predicted molar refractivity (Wildman–Crippen MR) is 138 cm³/mol. The number of hydrogen-bond donors (Lipinski definition) is 2. The first-order valence-electron chi connectivity index (χ1n) is 10.7. The molecule has 0 bridgehead atoms. The third kappa shape index (κ3) is 4.84. The van der Waals surface area contributed by atoms with E-state index < -0.39 is 0 Å². The van der Waals surface area contributed by atoms with Gasteiger partial charge in [0.15, 0.2) is 0 Å². The van der Waals surface area contributed by atoms with E-state index in [4.69, 9.17) is 22.1 Å². The molecule has 1 saturated heterocycles. The van der Waals surface area contributed by atoms with Gasteiger partial charge < -0.3 is 15.2 Å². The highest BCUT2D eigenvalue weighted by Crippen LogP contribution is 2.34.